The summed E-state index contributed by atoms with van der Waals surface area (Å²) in [5.74, 6) is 0.722. The predicted molar refractivity (Wildman–Crippen MR) is 111 cm³/mol. The zero-order valence-corrected chi connectivity index (χ0v) is 17.1. The van der Waals surface area contributed by atoms with Crippen LogP contribution < -0.4 is 20.4 Å². The molecule has 0 saturated carbocycles. The van der Waals surface area contributed by atoms with Crippen LogP contribution in [0.3, 0.4) is 0 Å². The van der Waals surface area contributed by atoms with E-state index in [0.717, 1.165) is 10.5 Å². The number of hydrogen-bond acceptors (Lipinski definition) is 6. The van der Waals surface area contributed by atoms with Crippen LogP contribution in [0.1, 0.15) is 23.6 Å². The van der Waals surface area contributed by atoms with Gasteiger partial charge in [-0.05, 0) is 48.7 Å². The Balaban J connectivity index is 1.50. The predicted octanol–water partition coefficient (Wildman–Crippen LogP) is 2.84. The molecule has 0 radical (unpaired) electrons. The van der Waals surface area contributed by atoms with Gasteiger partial charge in [-0.3, -0.25) is 9.69 Å². The van der Waals surface area contributed by atoms with Crippen molar-refractivity contribution in [2.75, 3.05) is 13.2 Å². The highest BCUT2D eigenvalue weighted by molar-refractivity contribution is 6.07. The Hall–Kier alpha value is -3.81. The lowest BCUT2D eigenvalue weighted by atomic mass is 9.91. The summed E-state index contributed by atoms with van der Waals surface area (Å²) in [6.07, 6.45) is 0. The quantitative estimate of drug-likeness (QED) is 0.517. The van der Waals surface area contributed by atoms with Crippen LogP contribution in [0.4, 0.5) is 4.79 Å². The summed E-state index contributed by atoms with van der Waals surface area (Å²) >= 11 is 0. The lowest BCUT2D eigenvalue weighted by molar-refractivity contribution is -0.131. The number of nitrogens with one attached hydrogen (secondary N) is 1. The molecule has 0 unspecified atom stereocenters. The second-order valence-corrected chi connectivity index (χ2v) is 7.90. The van der Waals surface area contributed by atoms with E-state index in [1.807, 2.05) is 19.1 Å². The standard InChI is InChI=1S/C23H20N2O6/c1-13-3-5-16-14(10-20(26)31-18(16)9-13)12-25-21(27)23(2,24-22(25)28)15-4-6-17-19(11-15)30-8-7-29-17/h3-6,9-11H,7-8,12H2,1-2H3,(H,24,28)/t23-/m1/s1. The topological polar surface area (TPSA) is 98.1 Å². The number of imide groups is 1. The fraction of sp³-hybridized carbons (Fsp3) is 0.261. The van der Waals surface area contributed by atoms with Gasteiger partial charge in [0.15, 0.2) is 11.5 Å². The first-order chi connectivity index (χ1) is 14.8. The van der Waals surface area contributed by atoms with Gasteiger partial charge in [-0.1, -0.05) is 18.2 Å². The van der Waals surface area contributed by atoms with Crippen LogP contribution in [0, 0.1) is 6.92 Å². The summed E-state index contributed by atoms with van der Waals surface area (Å²) in [6.45, 7) is 4.38. The number of carbonyl (C=O) groups is 2. The van der Waals surface area contributed by atoms with E-state index in [-0.39, 0.29) is 6.54 Å². The minimum atomic E-state index is -1.27. The van der Waals surface area contributed by atoms with Crippen molar-refractivity contribution in [1.82, 2.24) is 10.2 Å². The molecule has 1 saturated heterocycles. The molecule has 8 nitrogen and oxygen atoms in total. The summed E-state index contributed by atoms with van der Waals surface area (Å²) in [5.41, 5.74) is 0.693. The number of carbonyl (C=O) groups excluding carboxylic acids is 2. The number of benzene rings is 2. The molecule has 0 bridgehead atoms. The average molecular weight is 420 g/mol. The van der Waals surface area contributed by atoms with Crippen molar-refractivity contribution >= 4 is 22.9 Å². The fourth-order valence-corrected chi connectivity index (χ4v) is 4.03. The molecular formula is C23H20N2O6. The Kier molecular flexibility index (Phi) is 4.25. The highest BCUT2D eigenvalue weighted by Crippen LogP contribution is 2.37. The van der Waals surface area contributed by atoms with Crippen LogP contribution in [-0.2, 0) is 16.9 Å². The zero-order valence-electron chi connectivity index (χ0n) is 17.1. The minimum Gasteiger partial charge on any atom is -0.486 e. The maximum absolute atomic E-state index is 13.4. The van der Waals surface area contributed by atoms with Crippen molar-refractivity contribution < 1.29 is 23.5 Å². The number of urea groups is 1. The Bertz CT molecular complexity index is 1300. The summed E-state index contributed by atoms with van der Waals surface area (Å²) < 4.78 is 16.4. The third-order valence-electron chi connectivity index (χ3n) is 5.71. The number of ether oxygens (including phenoxy) is 2. The number of aryl methyl sites for hydroxylation is 1. The van der Waals surface area contributed by atoms with Gasteiger partial charge in [0.2, 0.25) is 0 Å². The number of amides is 3. The SMILES string of the molecule is Cc1ccc2c(CN3C(=O)N[C@](C)(c4ccc5c(c4)OCCO5)C3=O)cc(=O)oc2c1. The molecule has 1 aromatic heterocycles. The molecule has 8 heteroatoms. The van der Waals surface area contributed by atoms with Gasteiger partial charge < -0.3 is 19.2 Å². The van der Waals surface area contributed by atoms with Gasteiger partial charge in [0.05, 0.1) is 6.54 Å². The maximum atomic E-state index is 13.4. The number of fused-ring (bicyclic) bond motifs is 2. The third kappa shape index (κ3) is 3.11. The van der Waals surface area contributed by atoms with E-state index < -0.39 is 23.1 Å². The minimum absolute atomic E-state index is 0.0457. The largest absolute Gasteiger partial charge is 0.486 e. The van der Waals surface area contributed by atoms with Crippen molar-refractivity contribution in [3.05, 3.63) is 69.6 Å². The normalized spacial score (nSPS) is 20.3. The van der Waals surface area contributed by atoms with Crippen molar-refractivity contribution in [1.29, 1.82) is 0 Å². The second-order valence-electron chi connectivity index (χ2n) is 7.90. The molecule has 1 atom stereocenters. The van der Waals surface area contributed by atoms with Gasteiger partial charge in [0.1, 0.15) is 24.3 Å². The average Bonchev–Trinajstić information content (AvgIpc) is 2.97. The third-order valence-corrected chi connectivity index (χ3v) is 5.71. The number of hydrogen-bond donors (Lipinski definition) is 1. The lowest BCUT2D eigenvalue weighted by Gasteiger charge is -2.25. The Morgan fingerprint density at radius 1 is 1.00 bits per heavy atom. The van der Waals surface area contributed by atoms with Crippen LogP contribution >= 0.6 is 0 Å². The Morgan fingerprint density at radius 2 is 1.77 bits per heavy atom. The summed E-state index contributed by atoms with van der Waals surface area (Å²) in [5, 5.41) is 3.46. The molecule has 3 aromatic rings. The van der Waals surface area contributed by atoms with Gasteiger partial charge in [-0.2, -0.15) is 0 Å². The number of nitrogens with zero attached hydrogens (tertiary/aromatic N) is 1. The van der Waals surface area contributed by atoms with E-state index in [1.165, 1.54) is 6.07 Å². The van der Waals surface area contributed by atoms with Crippen molar-refractivity contribution in [3.8, 4) is 11.5 Å². The molecule has 1 fully saturated rings. The smallest absolute Gasteiger partial charge is 0.336 e. The van der Waals surface area contributed by atoms with Crippen molar-refractivity contribution in [2.45, 2.75) is 25.9 Å². The molecule has 2 aliphatic heterocycles. The van der Waals surface area contributed by atoms with E-state index in [1.54, 1.807) is 31.2 Å². The molecule has 3 amide bonds. The monoisotopic (exact) mass is 420 g/mol. The molecule has 0 spiro atoms. The van der Waals surface area contributed by atoms with Crippen LogP contribution in [-0.4, -0.2) is 30.1 Å². The first-order valence-corrected chi connectivity index (χ1v) is 9.93. The molecule has 0 aliphatic carbocycles. The molecule has 5 rings (SSSR count). The first-order valence-electron chi connectivity index (χ1n) is 9.93. The van der Waals surface area contributed by atoms with E-state index >= 15 is 0 Å². The van der Waals surface area contributed by atoms with Gasteiger partial charge in [-0.15, -0.1) is 0 Å². The fourth-order valence-electron chi connectivity index (χ4n) is 4.03. The summed E-state index contributed by atoms with van der Waals surface area (Å²) in [7, 11) is 0. The molecule has 1 N–H and O–H groups in total. The lowest BCUT2D eigenvalue weighted by Crippen LogP contribution is -2.41. The van der Waals surface area contributed by atoms with Crippen molar-refractivity contribution in [3.63, 3.8) is 0 Å². The summed E-state index contributed by atoms with van der Waals surface area (Å²) in [6, 6.07) is 11.4. The van der Waals surface area contributed by atoms with Gasteiger partial charge in [0.25, 0.3) is 5.91 Å². The highest BCUT2D eigenvalue weighted by atomic mass is 16.6. The molecule has 31 heavy (non-hydrogen) atoms. The molecule has 3 heterocycles. The zero-order chi connectivity index (χ0) is 21.8. The molecular weight excluding hydrogens is 400 g/mol. The number of rotatable bonds is 3. The van der Waals surface area contributed by atoms with E-state index in [9.17, 15) is 14.4 Å². The Morgan fingerprint density at radius 3 is 2.58 bits per heavy atom. The van der Waals surface area contributed by atoms with Gasteiger partial charge >= 0.3 is 11.7 Å². The van der Waals surface area contributed by atoms with Crippen LogP contribution in [0.25, 0.3) is 11.0 Å². The van der Waals surface area contributed by atoms with Crippen molar-refractivity contribution in [2.24, 2.45) is 0 Å². The molecule has 158 valence electrons. The van der Waals surface area contributed by atoms with Gasteiger partial charge in [0, 0.05) is 11.5 Å². The highest BCUT2D eigenvalue weighted by Gasteiger charge is 2.49. The summed E-state index contributed by atoms with van der Waals surface area (Å²) in [4.78, 5) is 39.3. The van der Waals surface area contributed by atoms with E-state index in [0.29, 0.717) is 46.8 Å². The molecule has 2 aromatic carbocycles. The molecule has 2 aliphatic rings. The van der Waals surface area contributed by atoms with E-state index in [2.05, 4.69) is 5.32 Å². The van der Waals surface area contributed by atoms with Crippen LogP contribution in [0.15, 0.2) is 51.7 Å². The maximum Gasteiger partial charge on any atom is 0.336 e. The van der Waals surface area contributed by atoms with E-state index in [4.69, 9.17) is 13.9 Å². The Labute approximate surface area is 177 Å². The van der Waals surface area contributed by atoms with Gasteiger partial charge in [-0.25, -0.2) is 9.59 Å². The second kappa shape index (κ2) is 6.87. The van der Waals surface area contributed by atoms with Crippen LogP contribution in [0.5, 0.6) is 11.5 Å². The first kappa shape index (κ1) is 19.2. The van der Waals surface area contributed by atoms with Crippen LogP contribution in [0.2, 0.25) is 0 Å².